The average molecular weight is 335 g/mol. The van der Waals surface area contributed by atoms with Gasteiger partial charge in [0.1, 0.15) is 0 Å². The third-order valence-electron chi connectivity index (χ3n) is 4.05. The van der Waals surface area contributed by atoms with Crippen LogP contribution in [0.4, 0.5) is 0 Å². The number of nitrogens with zero attached hydrogens (tertiary/aromatic N) is 2. The Balaban J connectivity index is 1.55. The molecule has 0 atom stereocenters. The van der Waals surface area contributed by atoms with Crippen molar-refractivity contribution >= 4 is 17.9 Å². The van der Waals surface area contributed by atoms with Gasteiger partial charge in [0.05, 0.1) is 0 Å². The van der Waals surface area contributed by atoms with Crippen molar-refractivity contribution < 1.29 is 9.59 Å². The van der Waals surface area contributed by atoms with Crippen molar-refractivity contribution in [2.45, 2.75) is 25.4 Å². The Hall–Kier alpha value is -2.95. The molecule has 1 saturated carbocycles. The fourth-order valence-corrected chi connectivity index (χ4v) is 2.38. The summed E-state index contributed by atoms with van der Waals surface area (Å²) in [6, 6.07) is 11.4. The predicted octanol–water partition coefficient (Wildman–Crippen LogP) is 2.65. The molecule has 5 nitrogen and oxygen atoms in total. The number of benzene rings is 1. The summed E-state index contributed by atoms with van der Waals surface area (Å²) in [6.07, 6.45) is 8.87. The number of pyridine rings is 1. The van der Waals surface area contributed by atoms with E-state index >= 15 is 0 Å². The molecule has 0 unspecified atom stereocenters. The number of hydrogen-bond donors (Lipinski definition) is 1. The van der Waals surface area contributed by atoms with Crippen LogP contribution < -0.4 is 5.32 Å². The molecule has 0 radical (unpaired) electrons. The van der Waals surface area contributed by atoms with E-state index in [1.165, 1.54) is 0 Å². The van der Waals surface area contributed by atoms with Gasteiger partial charge in [0.25, 0.3) is 5.91 Å². The monoisotopic (exact) mass is 335 g/mol. The van der Waals surface area contributed by atoms with Gasteiger partial charge in [0.2, 0.25) is 5.91 Å². The number of nitrogens with one attached hydrogen (secondary N) is 1. The average Bonchev–Trinajstić information content (AvgIpc) is 3.45. The van der Waals surface area contributed by atoms with Crippen LogP contribution in [0.25, 0.3) is 6.08 Å². The molecule has 1 heterocycles. The number of likely N-dealkylation sites (N-methyl/N-ethyl adjacent to an activating group) is 1. The van der Waals surface area contributed by atoms with Gasteiger partial charge < -0.3 is 10.2 Å². The normalized spacial score (nSPS) is 13.6. The lowest BCUT2D eigenvalue weighted by atomic mass is 10.1. The largest absolute Gasteiger partial charge is 0.349 e. The second-order valence-corrected chi connectivity index (χ2v) is 6.25. The molecule has 2 amide bonds. The van der Waals surface area contributed by atoms with Crippen molar-refractivity contribution in [2.24, 2.45) is 0 Å². The molecule has 1 aliphatic carbocycles. The van der Waals surface area contributed by atoms with Gasteiger partial charge in [-0.2, -0.15) is 0 Å². The Morgan fingerprint density at radius 2 is 1.84 bits per heavy atom. The Morgan fingerprint density at radius 1 is 1.16 bits per heavy atom. The number of rotatable bonds is 6. The molecule has 1 aromatic heterocycles. The smallest absolute Gasteiger partial charge is 0.251 e. The SMILES string of the molecule is CN(Cc1ccncc1)C(=O)/C=C/c1ccc(C(=O)NC2CC2)cc1. The summed E-state index contributed by atoms with van der Waals surface area (Å²) >= 11 is 0. The van der Waals surface area contributed by atoms with Crippen LogP contribution in [-0.2, 0) is 11.3 Å². The van der Waals surface area contributed by atoms with Crippen LogP contribution in [0.3, 0.4) is 0 Å². The second-order valence-electron chi connectivity index (χ2n) is 6.25. The zero-order valence-corrected chi connectivity index (χ0v) is 14.2. The number of amides is 2. The summed E-state index contributed by atoms with van der Waals surface area (Å²) < 4.78 is 0. The first-order valence-corrected chi connectivity index (χ1v) is 8.35. The van der Waals surface area contributed by atoms with Gasteiger partial charge in [-0.05, 0) is 54.3 Å². The van der Waals surface area contributed by atoms with Gasteiger partial charge >= 0.3 is 0 Å². The first-order chi connectivity index (χ1) is 12.1. The van der Waals surface area contributed by atoms with E-state index in [2.05, 4.69) is 10.3 Å². The Kier molecular flexibility index (Phi) is 5.23. The quantitative estimate of drug-likeness (QED) is 0.826. The van der Waals surface area contributed by atoms with E-state index in [1.807, 2.05) is 24.3 Å². The number of aromatic nitrogens is 1. The zero-order valence-electron chi connectivity index (χ0n) is 14.2. The highest BCUT2D eigenvalue weighted by Gasteiger charge is 2.23. The molecule has 0 saturated heterocycles. The number of hydrogen-bond acceptors (Lipinski definition) is 3. The lowest BCUT2D eigenvalue weighted by Crippen LogP contribution is -2.25. The molecule has 0 spiro atoms. The molecule has 128 valence electrons. The standard InChI is InChI=1S/C20H21N3O2/c1-23(14-16-10-12-21-13-11-16)19(24)9-4-15-2-5-17(6-3-15)20(25)22-18-7-8-18/h2-6,9-13,18H,7-8,14H2,1H3,(H,22,25)/b9-4+. The van der Waals surface area contributed by atoms with Crippen LogP contribution in [-0.4, -0.2) is 34.8 Å². The van der Waals surface area contributed by atoms with Gasteiger partial charge in [-0.1, -0.05) is 12.1 Å². The summed E-state index contributed by atoms with van der Waals surface area (Å²) in [7, 11) is 1.76. The number of carbonyl (C=O) groups excluding carboxylic acids is 2. The molecule has 3 rings (SSSR count). The maximum Gasteiger partial charge on any atom is 0.251 e. The zero-order chi connectivity index (χ0) is 17.6. The van der Waals surface area contributed by atoms with E-state index in [1.54, 1.807) is 48.6 Å². The van der Waals surface area contributed by atoms with Gasteiger partial charge in [0, 0.05) is 43.7 Å². The molecule has 5 heteroatoms. The van der Waals surface area contributed by atoms with Crippen LogP contribution in [0.5, 0.6) is 0 Å². The van der Waals surface area contributed by atoms with E-state index in [4.69, 9.17) is 0 Å². The first kappa shape index (κ1) is 16.9. The fourth-order valence-electron chi connectivity index (χ4n) is 2.38. The summed E-state index contributed by atoms with van der Waals surface area (Å²) in [6.45, 7) is 0.534. The van der Waals surface area contributed by atoms with Crippen molar-refractivity contribution in [3.05, 3.63) is 71.6 Å². The molecular weight excluding hydrogens is 314 g/mol. The van der Waals surface area contributed by atoms with Gasteiger partial charge in [-0.15, -0.1) is 0 Å². The maximum atomic E-state index is 12.2. The minimum Gasteiger partial charge on any atom is -0.349 e. The molecule has 25 heavy (non-hydrogen) atoms. The molecule has 1 aliphatic rings. The van der Waals surface area contributed by atoms with Gasteiger partial charge in [-0.25, -0.2) is 0 Å². The molecule has 0 aliphatic heterocycles. The lowest BCUT2D eigenvalue weighted by Gasteiger charge is -2.14. The molecule has 1 fully saturated rings. The summed E-state index contributed by atoms with van der Waals surface area (Å²) in [5, 5.41) is 2.96. The van der Waals surface area contributed by atoms with Crippen molar-refractivity contribution in [2.75, 3.05) is 7.05 Å². The molecule has 2 aromatic rings. The second kappa shape index (κ2) is 7.75. The lowest BCUT2D eigenvalue weighted by molar-refractivity contribution is -0.125. The highest BCUT2D eigenvalue weighted by Crippen LogP contribution is 2.19. The summed E-state index contributed by atoms with van der Waals surface area (Å²) in [4.78, 5) is 29.7. The molecule has 1 N–H and O–H groups in total. The van der Waals surface area contributed by atoms with E-state index in [9.17, 15) is 9.59 Å². The van der Waals surface area contributed by atoms with Crippen molar-refractivity contribution in [3.63, 3.8) is 0 Å². The highest BCUT2D eigenvalue weighted by molar-refractivity contribution is 5.95. The minimum absolute atomic E-state index is 0.0359. The van der Waals surface area contributed by atoms with Crippen molar-refractivity contribution in [1.82, 2.24) is 15.2 Å². The third-order valence-corrected chi connectivity index (χ3v) is 4.05. The van der Waals surface area contributed by atoms with Crippen LogP contribution >= 0.6 is 0 Å². The molecular formula is C20H21N3O2. The topological polar surface area (TPSA) is 62.3 Å². The van der Waals surface area contributed by atoms with Crippen LogP contribution in [0, 0.1) is 0 Å². The van der Waals surface area contributed by atoms with Crippen LogP contribution in [0.15, 0.2) is 54.9 Å². The molecule has 0 bridgehead atoms. The van der Waals surface area contributed by atoms with Crippen LogP contribution in [0.1, 0.15) is 34.3 Å². The predicted molar refractivity (Wildman–Crippen MR) is 96.7 cm³/mol. The van der Waals surface area contributed by atoms with Gasteiger partial charge in [-0.3, -0.25) is 14.6 Å². The third kappa shape index (κ3) is 5.01. The van der Waals surface area contributed by atoms with E-state index in [0.29, 0.717) is 18.2 Å². The molecule has 1 aromatic carbocycles. The minimum atomic E-state index is -0.0765. The Morgan fingerprint density at radius 3 is 2.48 bits per heavy atom. The van der Waals surface area contributed by atoms with E-state index in [-0.39, 0.29) is 11.8 Å². The van der Waals surface area contributed by atoms with Crippen molar-refractivity contribution in [3.8, 4) is 0 Å². The van der Waals surface area contributed by atoms with E-state index < -0.39 is 0 Å². The summed E-state index contributed by atoms with van der Waals surface area (Å²) in [5.74, 6) is -0.112. The highest BCUT2D eigenvalue weighted by atomic mass is 16.2. The van der Waals surface area contributed by atoms with Crippen molar-refractivity contribution in [1.29, 1.82) is 0 Å². The summed E-state index contributed by atoms with van der Waals surface area (Å²) in [5.41, 5.74) is 2.56. The van der Waals surface area contributed by atoms with Gasteiger partial charge in [0.15, 0.2) is 0 Å². The van der Waals surface area contributed by atoms with E-state index in [0.717, 1.165) is 24.0 Å². The number of carbonyl (C=O) groups is 2. The van der Waals surface area contributed by atoms with Crippen LogP contribution in [0.2, 0.25) is 0 Å². The maximum absolute atomic E-state index is 12.2. The Bertz CT molecular complexity index is 765. The first-order valence-electron chi connectivity index (χ1n) is 8.35. The fraction of sp³-hybridized carbons (Fsp3) is 0.250. The Labute approximate surface area is 147 Å².